The maximum absolute atomic E-state index is 4.15. The summed E-state index contributed by atoms with van der Waals surface area (Å²) >= 11 is 0. The fourth-order valence-electron chi connectivity index (χ4n) is 4.65. The highest BCUT2D eigenvalue weighted by Gasteiger charge is 2.30. The molecule has 0 aromatic rings. The van der Waals surface area contributed by atoms with Gasteiger partial charge in [-0.1, -0.05) is 208 Å². The molecular weight excluding hydrogens is 601 g/mol. The summed E-state index contributed by atoms with van der Waals surface area (Å²) in [5.74, 6) is 13.7. The van der Waals surface area contributed by atoms with Gasteiger partial charge in [0.15, 0.2) is 0 Å². The number of hydrogen-bond donors (Lipinski definition) is 0. The van der Waals surface area contributed by atoms with Crippen LogP contribution in [-0.4, -0.2) is 0 Å². The third-order valence-electron chi connectivity index (χ3n) is 12.0. The molecule has 0 bridgehead atoms. The van der Waals surface area contributed by atoms with Crippen molar-refractivity contribution in [2.45, 2.75) is 201 Å². The van der Waals surface area contributed by atoms with Crippen molar-refractivity contribution in [3.63, 3.8) is 0 Å². The second kappa shape index (κ2) is 28.3. The molecule has 0 saturated carbocycles. The molecule has 0 fully saturated rings. The van der Waals surface area contributed by atoms with E-state index in [2.05, 4.69) is 219 Å². The van der Waals surface area contributed by atoms with Crippen molar-refractivity contribution in [1.82, 2.24) is 0 Å². The van der Waals surface area contributed by atoms with Crippen LogP contribution < -0.4 is 0 Å². The molecule has 0 heterocycles. The topological polar surface area (TPSA) is 0 Å². The van der Waals surface area contributed by atoms with Crippen LogP contribution in [0, 0.1) is 87.8 Å². The second-order valence-electron chi connectivity index (χ2n) is 19.5. The van der Waals surface area contributed by atoms with E-state index in [1.165, 1.54) is 5.57 Å². The summed E-state index contributed by atoms with van der Waals surface area (Å²) in [7, 11) is 0. The minimum absolute atomic E-state index is 0.286. The van der Waals surface area contributed by atoms with Crippen molar-refractivity contribution in [3.05, 3.63) is 34.4 Å². The third-order valence-corrected chi connectivity index (χ3v) is 12.0. The van der Waals surface area contributed by atoms with E-state index >= 15 is 0 Å². The fraction of sp³-hybridized carbons (Fsp3) is 0.840. The van der Waals surface area contributed by atoms with Crippen LogP contribution in [-0.2, 0) is 0 Å². The van der Waals surface area contributed by atoms with Gasteiger partial charge in [-0.15, -0.1) is 11.8 Å². The molecule has 0 spiro atoms. The standard InChI is InChI=1S/C11H24.C11H22.2C10H20.C8H14/c2*1-8(2)10(5)11(6,7)9(3)4;2*1-7(2)9(5)10(6)8(3)4;1-7(2)5-6-8(3)4/h8-10H,1-7H3;8-9H,5H2,1-4,6-7H3;2*7-8H,1-6H3;7-8H,1-4H3/b;;10-9+;10-9-;. The van der Waals surface area contributed by atoms with Crippen LogP contribution in [0.5, 0.6) is 0 Å². The molecule has 0 aliphatic carbocycles. The van der Waals surface area contributed by atoms with Crippen LogP contribution >= 0.6 is 0 Å². The highest BCUT2D eigenvalue weighted by Crippen LogP contribution is 2.39. The number of rotatable bonds is 10. The average molecular weight is 701 g/mol. The lowest BCUT2D eigenvalue weighted by Gasteiger charge is -2.38. The molecular formula is C50H100. The highest BCUT2D eigenvalue weighted by atomic mass is 14.4. The Morgan fingerprint density at radius 1 is 0.400 bits per heavy atom. The summed E-state index contributed by atoms with van der Waals surface area (Å²) < 4.78 is 0. The zero-order valence-corrected chi connectivity index (χ0v) is 40.6. The van der Waals surface area contributed by atoms with Gasteiger partial charge in [0.05, 0.1) is 0 Å². The van der Waals surface area contributed by atoms with Crippen LogP contribution in [0.25, 0.3) is 0 Å². The summed E-state index contributed by atoms with van der Waals surface area (Å²) in [6.45, 7) is 69.4. The normalized spacial score (nSPS) is 13.6. The van der Waals surface area contributed by atoms with Gasteiger partial charge in [-0.3, -0.25) is 0 Å². The van der Waals surface area contributed by atoms with Crippen LogP contribution in [0.2, 0.25) is 0 Å². The first-order chi connectivity index (χ1) is 22.1. The summed E-state index contributed by atoms with van der Waals surface area (Å²) in [6, 6.07) is 0. The Morgan fingerprint density at radius 2 is 0.640 bits per heavy atom. The Kier molecular flexibility index (Phi) is 32.9. The molecule has 1 unspecified atom stereocenters. The molecule has 1 atom stereocenters. The Bertz CT molecular complexity index is 902. The Hall–Kier alpha value is -1.22. The molecule has 0 amide bonds. The summed E-state index contributed by atoms with van der Waals surface area (Å²) in [5.41, 5.74) is 8.34. The molecule has 0 aliphatic heterocycles. The van der Waals surface area contributed by atoms with E-state index in [1.54, 1.807) is 22.3 Å². The van der Waals surface area contributed by atoms with E-state index in [9.17, 15) is 0 Å². The Balaban J connectivity index is -0.000000169. The van der Waals surface area contributed by atoms with Crippen LogP contribution in [0.15, 0.2) is 34.4 Å². The first-order valence-corrected chi connectivity index (χ1v) is 20.7. The van der Waals surface area contributed by atoms with Crippen molar-refractivity contribution in [3.8, 4) is 11.8 Å². The van der Waals surface area contributed by atoms with Gasteiger partial charge in [0.1, 0.15) is 0 Å². The van der Waals surface area contributed by atoms with E-state index in [0.29, 0.717) is 52.8 Å². The second-order valence-corrected chi connectivity index (χ2v) is 19.5. The highest BCUT2D eigenvalue weighted by molar-refractivity contribution is 5.14. The van der Waals surface area contributed by atoms with Gasteiger partial charge >= 0.3 is 0 Å². The van der Waals surface area contributed by atoms with Gasteiger partial charge in [0, 0.05) is 11.8 Å². The van der Waals surface area contributed by atoms with Gasteiger partial charge in [-0.05, 0) is 91.8 Å². The van der Waals surface area contributed by atoms with Crippen molar-refractivity contribution in [2.75, 3.05) is 0 Å². The SMILES string of the molecule is C/C(=C(/C)C(C)C)C(C)C.C/C(=C(\C)C(C)C)C(C)C.C=C(C(C)C)C(C)(C)C(C)C.CC(C)C#CC(C)C.CC(C)C(C)C(C)(C)C(C)C. The Morgan fingerprint density at radius 3 is 0.720 bits per heavy atom. The number of allylic oxidation sites excluding steroid dienone is 5. The molecule has 50 heavy (non-hydrogen) atoms. The summed E-state index contributed by atoms with van der Waals surface area (Å²) in [4.78, 5) is 0. The maximum atomic E-state index is 4.15. The zero-order valence-electron chi connectivity index (χ0n) is 40.6. The molecule has 0 saturated heterocycles. The van der Waals surface area contributed by atoms with Crippen molar-refractivity contribution < 1.29 is 0 Å². The molecule has 0 radical (unpaired) electrons. The molecule has 0 aliphatic rings. The first kappa shape index (κ1) is 58.1. The largest absolute Gasteiger partial charge is 0.100 e. The van der Waals surface area contributed by atoms with Crippen LogP contribution in [0.3, 0.4) is 0 Å². The van der Waals surface area contributed by atoms with Crippen molar-refractivity contribution in [1.29, 1.82) is 0 Å². The molecule has 0 N–H and O–H groups in total. The third kappa shape index (κ3) is 27.4. The van der Waals surface area contributed by atoms with E-state index < -0.39 is 0 Å². The maximum Gasteiger partial charge on any atom is 0.0146 e. The van der Waals surface area contributed by atoms with Gasteiger partial charge in [0.25, 0.3) is 0 Å². The Labute approximate surface area is 322 Å². The van der Waals surface area contributed by atoms with Gasteiger partial charge < -0.3 is 0 Å². The molecule has 0 nitrogen and oxygen atoms in total. The van der Waals surface area contributed by atoms with Crippen molar-refractivity contribution >= 4 is 0 Å². The van der Waals surface area contributed by atoms with E-state index in [4.69, 9.17) is 0 Å². The molecule has 0 rings (SSSR count). The number of hydrogen-bond acceptors (Lipinski definition) is 0. The van der Waals surface area contributed by atoms with E-state index in [0.717, 1.165) is 17.8 Å². The first-order valence-electron chi connectivity index (χ1n) is 20.7. The summed E-state index contributed by atoms with van der Waals surface area (Å²) in [6.07, 6.45) is 0. The lowest BCUT2D eigenvalue weighted by molar-refractivity contribution is 0.113. The predicted octanol–water partition coefficient (Wildman–Crippen LogP) is 17.4. The monoisotopic (exact) mass is 701 g/mol. The minimum Gasteiger partial charge on any atom is -0.100 e. The molecule has 0 heteroatoms. The van der Waals surface area contributed by atoms with Crippen molar-refractivity contribution in [2.24, 2.45) is 75.9 Å². The quantitative estimate of drug-likeness (QED) is 0.157. The minimum atomic E-state index is 0.286. The van der Waals surface area contributed by atoms with Crippen LogP contribution in [0.1, 0.15) is 201 Å². The molecule has 300 valence electrons. The molecule has 0 aromatic heterocycles. The van der Waals surface area contributed by atoms with Crippen LogP contribution in [0.4, 0.5) is 0 Å². The lowest BCUT2D eigenvalue weighted by atomic mass is 9.67. The smallest absolute Gasteiger partial charge is 0.0146 e. The lowest BCUT2D eigenvalue weighted by Crippen LogP contribution is -2.30. The van der Waals surface area contributed by atoms with Gasteiger partial charge in [-0.25, -0.2) is 0 Å². The molecule has 0 aromatic carbocycles. The van der Waals surface area contributed by atoms with Gasteiger partial charge in [0.2, 0.25) is 0 Å². The van der Waals surface area contributed by atoms with E-state index in [-0.39, 0.29) is 5.41 Å². The van der Waals surface area contributed by atoms with E-state index in [1.807, 2.05) is 0 Å². The average Bonchev–Trinajstić information content (AvgIpc) is 2.98. The summed E-state index contributed by atoms with van der Waals surface area (Å²) in [5, 5.41) is 0. The zero-order chi connectivity index (χ0) is 41.7. The predicted molar refractivity (Wildman–Crippen MR) is 239 cm³/mol. The fourth-order valence-corrected chi connectivity index (χ4v) is 4.65. The van der Waals surface area contributed by atoms with Gasteiger partial charge in [-0.2, -0.15) is 0 Å².